The lowest BCUT2D eigenvalue weighted by atomic mass is 10.2. The van der Waals surface area contributed by atoms with Crippen molar-refractivity contribution in [2.45, 2.75) is 13.5 Å². The van der Waals surface area contributed by atoms with E-state index in [1.165, 1.54) is 0 Å². The number of benzene rings is 1. The van der Waals surface area contributed by atoms with Crippen LogP contribution in [0.15, 0.2) is 42.5 Å². The van der Waals surface area contributed by atoms with Gasteiger partial charge in [0.2, 0.25) is 0 Å². The molecule has 0 fully saturated rings. The van der Waals surface area contributed by atoms with Crippen molar-refractivity contribution >= 4 is 12.0 Å². The second-order valence-electron chi connectivity index (χ2n) is 4.34. The molecule has 92 valence electrons. The van der Waals surface area contributed by atoms with Gasteiger partial charge in [0, 0.05) is 24.0 Å². The van der Waals surface area contributed by atoms with E-state index in [1.54, 1.807) is 0 Å². The van der Waals surface area contributed by atoms with Crippen molar-refractivity contribution in [2.24, 2.45) is 0 Å². The van der Waals surface area contributed by atoms with Crippen LogP contribution < -0.4 is 4.90 Å². The van der Waals surface area contributed by atoms with Crippen LogP contribution in [0, 0.1) is 6.92 Å². The predicted molar refractivity (Wildman–Crippen MR) is 72.9 cm³/mol. The standard InChI is InChI=1S/C15H16N2O/c1-12-4-3-5-14(16-12)10-17(2)15-8-6-13(11-18)7-9-15/h3-9,11H,10H2,1-2H3. The number of rotatable bonds is 4. The van der Waals surface area contributed by atoms with E-state index in [9.17, 15) is 4.79 Å². The van der Waals surface area contributed by atoms with E-state index in [0.29, 0.717) is 5.56 Å². The highest BCUT2D eigenvalue weighted by Crippen LogP contribution is 2.15. The van der Waals surface area contributed by atoms with E-state index >= 15 is 0 Å². The number of carbonyl (C=O) groups is 1. The fourth-order valence-corrected chi connectivity index (χ4v) is 1.83. The maximum absolute atomic E-state index is 10.6. The van der Waals surface area contributed by atoms with Crippen LogP contribution in [0.3, 0.4) is 0 Å². The Labute approximate surface area is 107 Å². The average molecular weight is 240 g/mol. The molecule has 3 heteroatoms. The minimum Gasteiger partial charge on any atom is -0.369 e. The van der Waals surface area contributed by atoms with Gasteiger partial charge in [0.1, 0.15) is 6.29 Å². The van der Waals surface area contributed by atoms with Crippen molar-refractivity contribution in [2.75, 3.05) is 11.9 Å². The first kappa shape index (κ1) is 12.3. The van der Waals surface area contributed by atoms with Gasteiger partial charge in [0.25, 0.3) is 0 Å². The lowest BCUT2D eigenvalue weighted by Crippen LogP contribution is -2.17. The average Bonchev–Trinajstić information content (AvgIpc) is 2.39. The van der Waals surface area contributed by atoms with Gasteiger partial charge in [-0.15, -0.1) is 0 Å². The summed E-state index contributed by atoms with van der Waals surface area (Å²) in [5.41, 5.74) is 3.83. The van der Waals surface area contributed by atoms with E-state index in [0.717, 1.165) is 29.9 Å². The van der Waals surface area contributed by atoms with Gasteiger partial charge >= 0.3 is 0 Å². The molecule has 0 unspecified atom stereocenters. The molecule has 0 spiro atoms. The number of pyridine rings is 1. The molecule has 1 aromatic carbocycles. The van der Waals surface area contributed by atoms with Gasteiger partial charge in [-0.2, -0.15) is 0 Å². The van der Waals surface area contributed by atoms with Gasteiger partial charge in [0.15, 0.2) is 0 Å². The molecule has 0 amide bonds. The minimum absolute atomic E-state index is 0.695. The van der Waals surface area contributed by atoms with E-state index in [-0.39, 0.29) is 0 Å². The Bertz CT molecular complexity index is 534. The molecule has 0 aliphatic carbocycles. The van der Waals surface area contributed by atoms with Crippen LogP contribution in [0.1, 0.15) is 21.7 Å². The summed E-state index contributed by atoms with van der Waals surface area (Å²) in [5, 5.41) is 0. The van der Waals surface area contributed by atoms with Crippen LogP contribution in [0.4, 0.5) is 5.69 Å². The topological polar surface area (TPSA) is 33.2 Å². The molecule has 3 nitrogen and oxygen atoms in total. The minimum atomic E-state index is 0.695. The molecule has 0 saturated heterocycles. The van der Waals surface area contributed by atoms with Gasteiger partial charge in [-0.1, -0.05) is 6.07 Å². The van der Waals surface area contributed by atoms with E-state index < -0.39 is 0 Å². The summed E-state index contributed by atoms with van der Waals surface area (Å²) in [6.45, 7) is 2.74. The molecule has 2 aromatic rings. The third kappa shape index (κ3) is 2.94. The first-order chi connectivity index (χ1) is 8.69. The van der Waals surface area contributed by atoms with Gasteiger partial charge in [-0.3, -0.25) is 9.78 Å². The summed E-state index contributed by atoms with van der Waals surface area (Å²) in [6, 6.07) is 13.6. The fraction of sp³-hybridized carbons (Fsp3) is 0.200. The number of anilines is 1. The molecule has 1 heterocycles. The SMILES string of the molecule is Cc1cccc(CN(C)c2ccc(C=O)cc2)n1. The molecule has 0 radical (unpaired) electrons. The fourth-order valence-electron chi connectivity index (χ4n) is 1.83. The van der Waals surface area contributed by atoms with Gasteiger partial charge < -0.3 is 4.90 Å². The number of aryl methyl sites for hydroxylation is 1. The van der Waals surface area contributed by atoms with Crippen LogP contribution in [-0.4, -0.2) is 18.3 Å². The lowest BCUT2D eigenvalue weighted by molar-refractivity contribution is 0.112. The largest absolute Gasteiger partial charge is 0.369 e. The van der Waals surface area contributed by atoms with Gasteiger partial charge in [-0.25, -0.2) is 0 Å². The van der Waals surface area contributed by atoms with E-state index in [1.807, 2.05) is 56.4 Å². The molecule has 0 aliphatic heterocycles. The lowest BCUT2D eigenvalue weighted by Gasteiger charge is -2.19. The van der Waals surface area contributed by atoms with Crippen molar-refractivity contribution in [3.63, 3.8) is 0 Å². The Morgan fingerprint density at radius 2 is 1.89 bits per heavy atom. The zero-order valence-corrected chi connectivity index (χ0v) is 10.6. The maximum Gasteiger partial charge on any atom is 0.150 e. The maximum atomic E-state index is 10.6. The second kappa shape index (κ2) is 5.45. The Morgan fingerprint density at radius 1 is 1.17 bits per heavy atom. The second-order valence-corrected chi connectivity index (χ2v) is 4.34. The molecule has 0 bridgehead atoms. The summed E-state index contributed by atoms with van der Waals surface area (Å²) in [6.07, 6.45) is 0.853. The molecule has 2 rings (SSSR count). The van der Waals surface area contributed by atoms with Crippen LogP contribution in [0.2, 0.25) is 0 Å². The normalized spacial score (nSPS) is 10.1. The van der Waals surface area contributed by atoms with Crippen molar-refractivity contribution < 1.29 is 4.79 Å². The van der Waals surface area contributed by atoms with Crippen molar-refractivity contribution in [1.29, 1.82) is 0 Å². The zero-order valence-electron chi connectivity index (χ0n) is 10.6. The number of aldehydes is 1. The third-order valence-corrected chi connectivity index (χ3v) is 2.82. The van der Waals surface area contributed by atoms with Crippen molar-refractivity contribution in [3.8, 4) is 0 Å². The van der Waals surface area contributed by atoms with Crippen LogP contribution >= 0.6 is 0 Å². The Kier molecular flexibility index (Phi) is 3.72. The summed E-state index contributed by atoms with van der Waals surface area (Å²) >= 11 is 0. The summed E-state index contributed by atoms with van der Waals surface area (Å²) in [7, 11) is 2.01. The first-order valence-corrected chi connectivity index (χ1v) is 5.88. The van der Waals surface area contributed by atoms with E-state index in [4.69, 9.17) is 0 Å². The number of nitrogens with zero attached hydrogens (tertiary/aromatic N) is 2. The van der Waals surface area contributed by atoms with Crippen LogP contribution in [0.25, 0.3) is 0 Å². The Hall–Kier alpha value is -2.16. The zero-order chi connectivity index (χ0) is 13.0. The Morgan fingerprint density at radius 3 is 2.50 bits per heavy atom. The van der Waals surface area contributed by atoms with Crippen molar-refractivity contribution in [1.82, 2.24) is 4.98 Å². The molecular weight excluding hydrogens is 224 g/mol. The smallest absolute Gasteiger partial charge is 0.150 e. The predicted octanol–water partition coefficient (Wildman–Crippen LogP) is 2.84. The number of hydrogen-bond donors (Lipinski definition) is 0. The molecule has 0 N–H and O–H groups in total. The molecule has 0 atom stereocenters. The number of aromatic nitrogens is 1. The monoisotopic (exact) mass is 240 g/mol. The molecule has 0 aliphatic rings. The summed E-state index contributed by atoms with van der Waals surface area (Å²) in [4.78, 5) is 17.2. The number of carbonyl (C=O) groups excluding carboxylic acids is 1. The highest BCUT2D eigenvalue weighted by atomic mass is 16.1. The van der Waals surface area contributed by atoms with Gasteiger partial charge in [0.05, 0.1) is 12.2 Å². The number of hydrogen-bond acceptors (Lipinski definition) is 3. The van der Waals surface area contributed by atoms with Crippen LogP contribution in [0.5, 0.6) is 0 Å². The van der Waals surface area contributed by atoms with Gasteiger partial charge in [-0.05, 0) is 43.3 Å². The first-order valence-electron chi connectivity index (χ1n) is 5.88. The molecule has 18 heavy (non-hydrogen) atoms. The van der Waals surface area contributed by atoms with Crippen molar-refractivity contribution in [3.05, 3.63) is 59.4 Å². The molecular formula is C15H16N2O. The van der Waals surface area contributed by atoms with Crippen LogP contribution in [-0.2, 0) is 6.54 Å². The highest BCUT2D eigenvalue weighted by molar-refractivity contribution is 5.75. The quantitative estimate of drug-likeness (QED) is 0.770. The molecule has 1 aromatic heterocycles. The Balaban J connectivity index is 2.11. The molecule has 0 saturated carbocycles. The third-order valence-electron chi connectivity index (χ3n) is 2.82. The highest BCUT2D eigenvalue weighted by Gasteiger charge is 2.03. The summed E-state index contributed by atoms with van der Waals surface area (Å²) < 4.78 is 0. The van der Waals surface area contributed by atoms with E-state index in [2.05, 4.69) is 9.88 Å². The summed E-state index contributed by atoms with van der Waals surface area (Å²) in [5.74, 6) is 0.